The van der Waals surface area contributed by atoms with Gasteiger partial charge in [-0.2, -0.15) is 0 Å². The minimum Gasteiger partial charge on any atom is -0.396 e. The topological polar surface area (TPSA) is 69.6 Å². The number of aliphatic hydroxyl groups is 1. The van der Waals surface area contributed by atoms with Crippen molar-refractivity contribution < 1.29 is 14.7 Å². The number of aliphatic hydroxyl groups excluding tert-OH is 1. The molecule has 106 valence electrons. The maximum absolute atomic E-state index is 11.6. The highest BCUT2D eigenvalue weighted by atomic mass is 79.9. The Morgan fingerprint density at radius 2 is 2.00 bits per heavy atom. The lowest BCUT2D eigenvalue weighted by Crippen LogP contribution is -2.34. The van der Waals surface area contributed by atoms with Gasteiger partial charge in [0, 0.05) is 24.2 Å². The summed E-state index contributed by atoms with van der Waals surface area (Å²) in [5.41, 5.74) is 1.99. The first-order valence-corrected chi connectivity index (χ1v) is 7.44. The van der Waals surface area contributed by atoms with Crippen LogP contribution in [0.5, 0.6) is 0 Å². The molecule has 1 amide bonds. The summed E-state index contributed by atoms with van der Waals surface area (Å²) in [6.45, 7) is 1.97. The molecule has 0 atom stereocenters. The van der Waals surface area contributed by atoms with Gasteiger partial charge in [-0.25, -0.2) is 0 Å². The van der Waals surface area contributed by atoms with Crippen molar-refractivity contribution in [2.24, 2.45) is 5.92 Å². The monoisotopic (exact) mass is 338 g/mol. The van der Waals surface area contributed by atoms with Crippen LogP contribution in [0.3, 0.4) is 0 Å². The molecular formula is C14H15BrN2O3. The van der Waals surface area contributed by atoms with E-state index in [2.05, 4.69) is 26.1 Å². The van der Waals surface area contributed by atoms with Gasteiger partial charge in [-0.05, 0) is 46.8 Å². The van der Waals surface area contributed by atoms with Crippen molar-refractivity contribution in [2.45, 2.75) is 12.8 Å². The van der Waals surface area contributed by atoms with E-state index in [9.17, 15) is 14.7 Å². The van der Waals surface area contributed by atoms with E-state index in [4.69, 9.17) is 0 Å². The third-order valence-electron chi connectivity index (χ3n) is 4.00. The van der Waals surface area contributed by atoms with Crippen LogP contribution < -0.4 is 10.2 Å². The molecule has 20 heavy (non-hydrogen) atoms. The van der Waals surface area contributed by atoms with E-state index in [0.29, 0.717) is 17.2 Å². The molecule has 2 heterocycles. The average molecular weight is 339 g/mol. The number of halogens is 1. The molecule has 1 aromatic rings. The second-order valence-electron chi connectivity index (χ2n) is 5.25. The van der Waals surface area contributed by atoms with E-state index in [1.54, 1.807) is 6.07 Å². The number of fused-ring (bicyclic) bond motifs is 1. The Morgan fingerprint density at radius 3 is 2.65 bits per heavy atom. The van der Waals surface area contributed by atoms with Crippen molar-refractivity contribution in [2.75, 3.05) is 29.9 Å². The first-order valence-electron chi connectivity index (χ1n) is 6.65. The van der Waals surface area contributed by atoms with Crippen LogP contribution in [0.25, 0.3) is 0 Å². The summed E-state index contributed by atoms with van der Waals surface area (Å²) in [5, 5.41) is 11.8. The number of ketones is 1. The van der Waals surface area contributed by atoms with Crippen LogP contribution in [-0.2, 0) is 4.79 Å². The lowest BCUT2D eigenvalue weighted by Gasteiger charge is -2.33. The Labute approximate surface area is 125 Å². The van der Waals surface area contributed by atoms with Crippen LogP contribution in [-0.4, -0.2) is 36.5 Å². The zero-order valence-corrected chi connectivity index (χ0v) is 12.4. The number of nitrogens with one attached hydrogen (secondary N) is 1. The Balaban J connectivity index is 1.87. The fraction of sp³-hybridized carbons (Fsp3) is 0.429. The van der Waals surface area contributed by atoms with Crippen molar-refractivity contribution in [3.05, 3.63) is 22.2 Å². The number of rotatable bonds is 2. The molecule has 2 aliphatic rings. The normalized spacial score (nSPS) is 19.2. The molecule has 1 aromatic carbocycles. The van der Waals surface area contributed by atoms with Crippen molar-refractivity contribution in [3.8, 4) is 0 Å². The summed E-state index contributed by atoms with van der Waals surface area (Å²) in [4.78, 5) is 25.3. The Morgan fingerprint density at radius 1 is 1.30 bits per heavy atom. The predicted octanol–water partition coefficient (Wildman–Crippen LogP) is 1.79. The summed E-state index contributed by atoms with van der Waals surface area (Å²) < 4.78 is 0.823. The van der Waals surface area contributed by atoms with Crippen LogP contribution in [0.2, 0.25) is 0 Å². The summed E-state index contributed by atoms with van der Waals surface area (Å²) in [5.74, 6) is -0.671. The van der Waals surface area contributed by atoms with Gasteiger partial charge in [-0.1, -0.05) is 0 Å². The van der Waals surface area contributed by atoms with E-state index >= 15 is 0 Å². The standard InChI is InChI=1S/C14H15BrN2O3/c15-10-5-9-11(16-14(20)13(9)19)6-12(10)17-3-1-8(7-18)2-4-17/h5-6,8,18H,1-4,7H2,(H,16,19,20). The number of benzene rings is 1. The molecular weight excluding hydrogens is 324 g/mol. The van der Waals surface area contributed by atoms with Crippen molar-refractivity contribution >= 4 is 39.0 Å². The van der Waals surface area contributed by atoms with E-state index in [-0.39, 0.29) is 6.61 Å². The van der Waals surface area contributed by atoms with Gasteiger partial charge in [0.15, 0.2) is 0 Å². The summed E-state index contributed by atoms with van der Waals surface area (Å²) in [6, 6.07) is 3.56. The molecule has 6 heteroatoms. The maximum Gasteiger partial charge on any atom is 0.296 e. The second-order valence-corrected chi connectivity index (χ2v) is 6.10. The molecule has 5 nitrogen and oxygen atoms in total. The van der Waals surface area contributed by atoms with Gasteiger partial charge in [0.25, 0.3) is 11.7 Å². The number of piperidine rings is 1. The molecule has 0 radical (unpaired) electrons. The number of Topliss-reactive ketones (excluding diaryl/α,β-unsaturated/α-hetero) is 1. The summed E-state index contributed by atoms with van der Waals surface area (Å²) in [6.07, 6.45) is 1.90. The number of carbonyl (C=O) groups excluding carboxylic acids is 2. The Bertz CT molecular complexity index is 580. The molecule has 0 bridgehead atoms. The number of amides is 1. The van der Waals surface area contributed by atoms with Gasteiger partial charge in [-0.15, -0.1) is 0 Å². The number of hydrogen-bond acceptors (Lipinski definition) is 4. The lowest BCUT2D eigenvalue weighted by molar-refractivity contribution is -0.112. The van der Waals surface area contributed by atoms with Crippen molar-refractivity contribution in [1.82, 2.24) is 0 Å². The molecule has 0 aromatic heterocycles. The van der Waals surface area contributed by atoms with Gasteiger partial charge in [0.2, 0.25) is 0 Å². The first kappa shape index (κ1) is 13.6. The van der Waals surface area contributed by atoms with Gasteiger partial charge in [0.05, 0.1) is 16.9 Å². The van der Waals surface area contributed by atoms with Crippen LogP contribution in [0.1, 0.15) is 23.2 Å². The quantitative estimate of drug-likeness (QED) is 0.806. The van der Waals surface area contributed by atoms with E-state index in [1.165, 1.54) is 0 Å². The Kier molecular flexibility index (Phi) is 3.52. The molecule has 1 fully saturated rings. The van der Waals surface area contributed by atoms with Crippen LogP contribution >= 0.6 is 15.9 Å². The van der Waals surface area contributed by atoms with Crippen molar-refractivity contribution in [3.63, 3.8) is 0 Å². The zero-order chi connectivity index (χ0) is 14.3. The third-order valence-corrected chi connectivity index (χ3v) is 4.63. The van der Waals surface area contributed by atoms with Gasteiger partial charge < -0.3 is 15.3 Å². The second kappa shape index (κ2) is 5.18. The lowest BCUT2D eigenvalue weighted by atomic mass is 9.97. The van der Waals surface area contributed by atoms with Gasteiger partial charge in [-0.3, -0.25) is 9.59 Å². The molecule has 3 rings (SSSR count). The molecule has 0 aliphatic carbocycles. The van der Waals surface area contributed by atoms with Crippen LogP contribution in [0, 0.1) is 5.92 Å². The highest BCUT2D eigenvalue weighted by Crippen LogP contribution is 2.36. The van der Waals surface area contributed by atoms with E-state index < -0.39 is 11.7 Å². The third kappa shape index (κ3) is 2.23. The predicted molar refractivity (Wildman–Crippen MR) is 79.1 cm³/mol. The van der Waals surface area contributed by atoms with E-state index in [1.807, 2.05) is 6.07 Å². The highest BCUT2D eigenvalue weighted by Gasteiger charge is 2.30. The highest BCUT2D eigenvalue weighted by molar-refractivity contribution is 9.10. The fourth-order valence-corrected chi connectivity index (χ4v) is 3.35. The molecule has 0 saturated carbocycles. The summed E-state index contributed by atoms with van der Waals surface area (Å²) in [7, 11) is 0. The number of nitrogens with zero attached hydrogens (tertiary/aromatic N) is 1. The average Bonchev–Trinajstić information content (AvgIpc) is 2.74. The largest absolute Gasteiger partial charge is 0.396 e. The number of anilines is 2. The maximum atomic E-state index is 11.6. The fourth-order valence-electron chi connectivity index (χ4n) is 2.75. The van der Waals surface area contributed by atoms with E-state index in [0.717, 1.165) is 36.1 Å². The summed E-state index contributed by atoms with van der Waals surface area (Å²) >= 11 is 3.48. The number of carbonyl (C=O) groups is 2. The SMILES string of the molecule is O=C1Nc2cc(N3CCC(CO)CC3)c(Br)cc2C1=O. The van der Waals surface area contributed by atoms with Crippen LogP contribution in [0.4, 0.5) is 11.4 Å². The minimum absolute atomic E-state index is 0.240. The van der Waals surface area contributed by atoms with Crippen LogP contribution in [0.15, 0.2) is 16.6 Å². The zero-order valence-electron chi connectivity index (χ0n) is 10.9. The van der Waals surface area contributed by atoms with Gasteiger partial charge in [0.1, 0.15) is 0 Å². The molecule has 0 spiro atoms. The molecule has 1 saturated heterocycles. The molecule has 2 aliphatic heterocycles. The van der Waals surface area contributed by atoms with Gasteiger partial charge >= 0.3 is 0 Å². The molecule has 2 N–H and O–H groups in total. The Hall–Kier alpha value is -1.40. The van der Waals surface area contributed by atoms with Crippen molar-refractivity contribution in [1.29, 1.82) is 0 Å². The minimum atomic E-state index is -0.567. The number of hydrogen-bond donors (Lipinski definition) is 2. The first-order chi connectivity index (χ1) is 9.60. The molecule has 0 unspecified atom stereocenters. The smallest absolute Gasteiger partial charge is 0.296 e.